The maximum absolute atomic E-state index is 13.7. The SMILES string of the molecule is CCOC(=O)C(F)(F)[C@H](N)c1ccc(Cl)c(Br)c1O.Cl. The van der Waals surface area contributed by atoms with Gasteiger partial charge in [-0.15, -0.1) is 12.4 Å². The van der Waals surface area contributed by atoms with Crippen LogP contribution >= 0.6 is 39.9 Å². The van der Waals surface area contributed by atoms with E-state index >= 15 is 0 Å². The van der Waals surface area contributed by atoms with E-state index in [-0.39, 0.29) is 34.1 Å². The Hall–Kier alpha value is -0.630. The molecule has 0 saturated heterocycles. The van der Waals surface area contributed by atoms with E-state index in [1.807, 2.05) is 0 Å². The van der Waals surface area contributed by atoms with Gasteiger partial charge in [-0.25, -0.2) is 4.79 Å². The Balaban J connectivity index is 0.00000361. The number of benzene rings is 1. The average molecular weight is 395 g/mol. The topological polar surface area (TPSA) is 72.5 Å². The number of ether oxygens (including phenoxy) is 1. The third kappa shape index (κ3) is 3.72. The van der Waals surface area contributed by atoms with Crippen LogP contribution in [0.5, 0.6) is 5.75 Å². The van der Waals surface area contributed by atoms with E-state index in [4.69, 9.17) is 17.3 Å². The molecule has 0 spiro atoms. The molecule has 0 heterocycles. The zero-order valence-electron chi connectivity index (χ0n) is 10.2. The summed E-state index contributed by atoms with van der Waals surface area (Å²) in [6, 6.07) is 0.363. The molecule has 0 aromatic heterocycles. The molecule has 0 saturated carbocycles. The number of alkyl halides is 2. The Bertz CT molecular complexity index is 503. The predicted octanol–water partition coefficient (Wildman–Crippen LogP) is 3.43. The van der Waals surface area contributed by atoms with Crippen LogP contribution in [0.3, 0.4) is 0 Å². The van der Waals surface area contributed by atoms with Crippen LogP contribution in [0.2, 0.25) is 5.02 Å². The van der Waals surface area contributed by atoms with Crippen molar-refractivity contribution in [3.05, 3.63) is 27.2 Å². The number of rotatable bonds is 4. The molecule has 0 aliphatic rings. The number of esters is 1. The van der Waals surface area contributed by atoms with E-state index in [1.165, 1.54) is 13.0 Å². The van der Waals surface area contributed by atoms with Gasteiger partial charge in [-0.1, -0.05) is 17.7 Å². The molecule has 9 heteroatoms. The maximum atomic E-state index is 13.7. The Labute approximate surface area is 133 Å². The number of hydrogen-bond donors (Lipinski definition) is 2. The highest BCUT2D eigenvalue weighted by molar-refractivity contribution is 9.10. The number of phenolic OH excluding ortho intramolecular Hbond substituents is 1. The summed E-state index contributed by atoms with van der Waals surface area (Å²) in [5.41, 5.74) is 5.04. The van der Waals surface area contributed by atoms with Crippen LogP contribution in [-0.2, 0) is 9.53 Å². The van der Waals surface area contributed by atoms with E-state index in [9.17, 15) is 18.7 Å². The van der Waals surface area contributed by atoms with Crippen LogP contribution in [0.1, 0.15) is 18.5 Å². The van der Waals surface area contributed by atoms with Crippen molar-refractivity contribution in [2.45, 2.75) is 18.9 Å². The molecule has 1 rings (SSSR count). The van der Waals surface area contributed by atoms with Crippen LogP contribution in [0.15, 0.2) is 16.6 Å². The third-order valence-electron chi connectivity index (χ3n) is 2.37. The maximum Gasteiger partial charge on any atom is 0.379 e. The number of phenols is 1. The number of aromatic hydroxyl groups is 1. The van der Waals surface area contributed by atoms with Crippen LogP contribution in [0.4, 0.5) is 8.78 Å². The summed E-state index contributed by atoms with van der Waals surface area (Å²) in [5, 5.41) is 9.86. The quantitative estimate of drug-likeness (QED) is 0.767. The fraction of sp³-hybridized carbons (Fsp3) is 0.364. The number of nitrogens with two attached hydrogens (primary N) is 1. The lowest BCUT2D eigenvalue weighted by molar-refractivity contribution is -0.174. The first-order valence-corrected chi connectivity index (χ1v) is 6.38. The lowest BCUT2D eigenvalue weighted by Crippen LogP contribution is -2.41. The van der Waals surface area contributed by atoms with Gasteiger partial charge >= 0.3 is 11.9 Å². The largest absolute Gasteiger partial charge is 0.506 e. The normalized spacial score (nSPS) is 12.5. The van der Waals surface area contributed by atoms with Gasteiger partial charge in [0.2, 0.25) is 0 Å². The van der Waals surface area contributed by atoms with Crippen LogP contribution in [0, 0.1) is 0 Å². The molecule has 1 aromatic carbocycles. The Morgan fingerprint density at radius 3 is 2.65 bits per heavy atom. The summed E-state index contributed by atoms with van der Waals surface area (Å²) in [5.74, 6) is -6.24. The first-order chi connectivity index (χ1) is 8.73. The summed E-state index contributed by atoms with van der Waals surface area (Å²) in [4.78, 5) is 11.2. The van der Waals surface area contributed by atoms with Crippen LogP contribution < -0.4 is 5.73 Å². The van der Waals surface area contributed by atoms with Gasteiger partial charge in [0.15, 0.2) is 0 Å². The zero-order chi connectivity index (χ0) is 14.8. The molecular formula is C11H12BrCl2F2NO3. The third-order valence-corrected chi connectivity index (χ3v) is 3.72. The molecule has 0 unspecified atom stereocenters. The number of hydrogen-bond acceptors (Lipinski definition) is 4. The molecule has 0 aliphatic heterocycles. The molecule has 4 nitrogen and oxygen atoms in total. The van der Waals surface area contributed by atoms with Crippen molar-refractivity contribution >= 4 is 45.9 Å². The molecule has 20 heavy (non-hydrogen) atoms. The molecule has 3 N–H and O–H groups in total. The Morgan fingerprint density at radius 1 is 1.60 bits per heavy atom. The summed E-state index contributed by atoms with van der Waals surface area (Å²) in [6.45, 7) is 1.20. The highest BCUT2D eigenvalue weighted by atomic mass is 79.9. The fourth-order valence-electron chi connectivity index (χ4n) is 1.36. The number of carbonyl (C=O) groups is 1. The van der Waals surface area contributed by atoms with Crippen molar-refractivity contribution in [1.82, 2.24) is 0 Å². The number of halogens is 5. The molecule has 0 bridgehead atoms. The highest BCUT2D eigenvalue weighted by Gasteiger charge is 2.48. The van der Waals surface area contributed by atoms with Gasteiger partial charge in [0, 0.05) is 5.56 Å². The van der Waals surface area contributed by atoms with Crippen LogP contribution in [0.25, 0.3) is 0 Å². The first kappa shape index (κ1) is 19.4. The smallest absolute Gasteiger partial charge is 0.379 e. The van der Waals surface area contributed by atoms with Gasteiger partial charge < -0.3 is 15.6 Å². The van der Waals surface area contributed by atoms with Crippen molar-refractivity contribution < 1.29 is 23.4 Å². The molecule has 0 aliphatic carbocycles. The minimum Gasteiger partial charge on any atom is -0.506 e. The summed E-state index contributed by atoms with van der Waals surface area (Å²) >= 11 is 8.62. The summed E-state index contributed by atoms with van der Waals surface area (Å²) < 4.78 is 31.8. The van der Waals surface area contributed by atoms with E-state index in [0.717, 1.165) is 6.07 Å². The number of carbonyl (C=O) groups excluding carboxylic acids is 1. The van der Waals surface area contributed by atoms with Crippen molar-refractivity contribution in [2.75, 3.05) is 6.61 Å². The molecule has 1 atom stereocenters. The van der Waals surface area contributed by atoms with Crippen molar-refractivity contribution in [3.63, 3.8) is 0 Å². The van der Waals surface area contributed by atoms with Gasteiger partial charge in [-0.05, 0) is 28.9 Å². The average Bonchev–Trinajstić information content (AvgIpc) is 2.35. The minimum atomic E-state index is -3.96. The standard InChI is InChI=1S/C11H11BrClF2NO3.ClH/c1-2-19-10(18)11(14,15)9(16)5-3-4-6(13)7(12)8(5)17;/h3-4,9,17H,2,16H2,1H3;1H/t9-;/m1./s1. The van der Waals surface area contributed by atoms with E-state index in [2.05, 4.69) is 20.7 Å². The molecular weight excluding hydrogens is 383 g/mol. The van der Waals surface area contributed by atoms with Gasteiger partial charge in [0.05, 0.1) is 16.1 Å². The zero-order valence-corrected chi connectivity index (χ0v) is 13.4. The Kier molecular flexibility index (Phi) is 7.17. The lowest BCUT2D eigenvalue weighted by Gasteiger charge is -2.23. The molecule has 1 aromatic rings. The monoisotopic (exact) mass is 393 g/mol. The van der Waals surface area contributed by atoms with Crippen molar-refractivity contribution in [1.29, 1.82) is 0 Å². The minimum absolute atomic E-state index is 0. The molecule has 114 valence electrons. The van der Waals surface area contributed by atoms with Crippen molar-refractivity contribution in [2.24, 2.45) is 5.73 Å². The second kappa shape index (κ2) is 7.40. The van der Waals surface area contributed by atoms with E-state index < -0.39 is 23.7 Å². The van der Waals surface area contributed by atoms with Gasteiger partial charge in [-0.2, -0.15) is 8.78 Å². The van der Waals surface area contributed by atoms with Gasteiger partial charge in [-0.3, -0.25) is 0 Å². The second-order valence-electron chi connectivity index (χ2n) is 3.62. The van der Waals surface area contributed by atoms with E-state index in [1.54, 1.807) is 0 Å². The summed E-state index contributed by atoms with van der Waals surface area (Å²) in [7, 11) is 0. The first-order valence-electron chi connectivity index (χ1n) is 5.20. The lowest BCUT2D eigenvalue weighted by atomic mass is 10.0. The molecule has 0 radical (unpaired) electrons. The molecule has 0 fully saturated rings. The molecule has 0 amide bonds. The van der Waals surface area contributed by atoms with Crippen LogP contribution in [-0.4, -0.2) is 23.6 Å². The predicted molar refractivity (Wildman–Crippen MR) is 76.6 cm³/mol. The fourth-order valence-corrected chi connectivity index (χ4v) is 1.87. The van der Waals surface area contributed by atoms with E-state index in [0.29, 0.717) is 0 Å². The summed E-state index contributed by atoms with van der Waals surface area (Å²) in [6.07, 6.45) is 0. The second-order valence-corrected chi connectivity index (χ2v) is 4.82. The van der Waals surface area contributed by atoms with Crippen molar-refractivity contribution in [3.8, 4) is 5.75 Å². The van der Waals surface area contributed by atoms with Gasteiger partial charge in [0.25, 0.3) is 0 Å². The van der Waals surface area contributed by atoms with Gasteiger partial charge in [0.1, 0.15) is 11.8 Å². The highest BCUT2D eigenvalue weighted by Crippen LogP contribution is 2.41. The Morgan fingerprint density at radius 2 is 2.15 bits per heavy atom.